The Labute approximate surface area is 133 Å². The third-order valence-electron chi connectivity index (χ3n) is 4.45. The van der Waals surface area contributed by atoms with Crippen LogP contribution in [-0.2, 0) is 14.3 Å². The van der Waals surface area contributed by atoms with Gasteiger partial charge in [0, 0.05) is 26.6 Å². The van der Waals surface area contributed by atoms with Crippen LogP contribution in [0, 0.1) is 0 Å². The largest absolute Gasteiger partial charge is 0.365 e. The molecule has 2 saturated heterocycles. The number of ether oxygens (including phenoxy) is 1. The summed E-state index contributed by atoms with van der Waals surface area (Å²) < 4.78 is 5.41. The molecule has 2 amide bonds. The fraction of sp³-hybridized carbons (Fsp3) is 0.875. The van der Waals surface area contributed by atoms with Crippen molar-refractivity contribution >= 4 is 11.8 Å². The van der Waals surface area contributed by atoms with E-state index in [9.17, 15) is 9.59 Å². The van der Waals surface area contributed by atoms with Gasteiger partial charge in [-0.2, -0.15) is 0 Å². The van der Waals surface area contributed by atoms with E-state index in [1.165, 1.54) is 38.8 Å². The number of morpholine rings is 1. The van der Waals surface area contributed by atoms with Gasteiger partial charge in [0.2, 0.25) is 11.8 Å². The summed E-state index contributed by atoms with van der Waals surface area (Å²) in [5.41, 5.74) is 0. The normalized spacial score (nSPS) is 24.1. The van der Waals surface area contributed by atoms with Gasteiger partial charge >= 0.3 is 0 Å². The lowest BCUT2D eigenvalue weighted by atomic mass is 10.2. The summed E-state index contributed by atoms with van der Waals surface area (Å²) in [4.78, 5) is 27.3. The second kappa shape index (κ2) is 9.10. The molecule has 0 radical (unpaired) electrons. The monoisotopic (exact) mass is 311 g/mol. The lowest BCUT2D eigenvalue weighted by Gasteiger charge is -2.29. The topological polar surface area (TPSA) is 61.9 Å². The van der Waals surface area contributed by atoms with E-state index in [4.69, 9.17) is 4.74 Å². The lowest BCUT2D eigenvalue weighted by molar-refractivity contribution is -0.146. The molecule has 1 atom stereocenters. The van der Waals surface area contributed by atoms with E-state index in [-0.39, 0.29) is 24.5 Å². The molecule has 126 valence electrons. The highest BCUT2D eigenvalue weighted by Crippen LogP contribution is 2.10. The van der Waals surface area contributed by atoms with Gasteiger partial charge in [0.05, 0.1) is 6.10 Å². The summed E-state index contributed by atoms with van der Waals surface area (Å²) in [5, 5.41) is 2.92. The maximum atomic E-state index is 11.9. The number of nitrogens with one attached hydrogen (secondary N) is 1. The highest BCUT2D eigenvalue weighted by atomic mass is 16.5. The van der Waals surface area contributed by atoms with E-state index >= 15 is 0 Å². The molecule has 0 bridgehead atoms. The number of nitrogens with zero attached hydrogens (tertiary/aromatic N) is 2. The quantitative estimate of drug-likeness (QED) is 0.781. The van der Waals surface area contributed by atoms with Gasteiger partial charge in [-0.05, 0) is 38.9 Å². The maximum absolute atomic E-state index is 11.9. The van der Waals surface area contributed by atoms with Gasteiger partial charge < -0.3 is 19.9 Å². The highest BCUT2D eigenvalue weighted by Gasteiger charge is 2.23. The Kier molecular flexibility index (Phi) is 7.12. The summed E-state index contributed by atoms with van der Waals surface area (Å²) in [6, 6.07) is 0. The van der Waals surface area contributed by atoms with E-state index in [1.807, 2.05) is 0 Å². The molecule has 0 spiro atoms. The van der Waals surface area contributed by atoms with Crippen LogP contribution < -0.4 is 5.32 Å². The molecule has 22 heavy (non-hydrogen) atoms. The number of hydrogen-bond acceptors (Lipinski definition) is 4. The van der Waals surface area contributed by atoms with E-state index in [1.54, 1.807) is 11.9 Å². The zero-order valence-corrected chi connectivity index (χ0v) is 13.7. The molecule has 6 heteroatoms. The first-order valence-electron chi connectivity index (χ1n) is 8.50. The Morgan fingerprint density at radius 2 is 2.00 bits per heavy atom. The molecule has 0 aromatic carbocycles. The van der Waals surface area contributed by atoms with Crippen molar-refractivity contribution in [2.45, 2.75) is 44.6 Å². The number of likely N-dealkylation sites (N-methyl/N-ethyl adjacent to an activating group) is 1. The summed E-state index contributed by atoms with van der Waals surface area (Å²) >= 11 is 0. The Bertz CT molecular complexity index is 368. The molecule has 2 rings (SSSR count). The molecule has 2 heterocycles. The molecule has 2 fully saturated rings. The van der Waals surface area contributed by atoms with Crippen LogP contribution in [0.4, 0.5) is 0 Å². The third kappa shape index (κ3) is 5.93. The van der Waals surface area contributed by atoms with Crippen molar-refractivity contribution in [2.24, 2.45) is 0 Å². The van der Waals surface area contributed by atoms with Gasteiger partial charge in [-0.25, -0.2) is 0 Å². The van der Waals surface area contributed by atoms with Crippen LogP contribution in [-0.4, -0.2) is 74.1 Å². The molecule has 6 nitrogen and oxygen atoms in total. The van der Waals surface area contributed by atoms with Crippen molar-refractivity contribution < 1.29 is 14.3 Å². The zero-order chi connectivity index (χ0) is 15.8. The SMILES string of the molecule is CN1C[C@@H](CNC(=O)CCCN2CCCCCC2)OCC1=O. The number of hydrogen-bond donors (Lipinski definition) is 1. The summed E-state index contributed by atoms with van der Waals surface area (Å²) in [6.45, 7) is 4.53. The maximum Gasteiger partial charge on any atom is 0.248 e. The van der Waals surface area contributed by atoms with Crippen LogP contribution in [0.5, 0.6) is 0 Å². The molecule has 0 aromatic heterocycles. The fourth-order valence-electron chi connectivity index (χ4n) is 3.02. The van der Waals surface area contributed by atoms with Crippen molar-refractivity contribution in [2.75, 3.05) is 46.4 Å². The first-order chi connectivity index (χ1) is 10.6. The van der Waals surface area contributed by atoms with E-state index < -0.39 is 0 Å². The molecular formula is C16H29N3O3. The molecule has 1 N–H and O–H groups in total. The Morgan fingerprint density at radius 3 is 2.68 bits per heavy atom. The van der Waals surface area contributed by atoms with Gasteiger partial charge in [-0.15, -0.1) is 0 Å². The summed E-state index contributed by atoms with van der Waals surface area (Å²) in [7, 11) is 1.76. The van der Waals surface area contributed by atoms with Crippen molar-refractivity contribution in [1.82, 2.24) is 15.1 Å². The number of amides is 2. The second-order valence-corrected chi connectivity index (χ2v) is 6.37. The Balaban J connectivity index is 1.55. The molecule has 2 aliphatic rings. The Hall–Kier alpha value is -1.14. The van der Waals surface area contributed by atoms with Gasteiger partial charge in [0.1, 0.15) is 6.61 Å². The molecule has 2 aliphatic heterocycles. The minimum atomic E-state index is -0.0859. The first kappa shape index (κ1) is 17.2. The molecule has 0 aliphatic carbocycles. The van der Waals surface area contributed by atoms with Crippen LogP contribution >= 0.6 is 0 Å². The lowest BCUT2D eigenvalue weighted by Crippen LogP contribution is -2.48. The average Bonchev–Trinajstić information content (AvgIpc) is 2.77. The highest BCUT2D eigenvalue weighted by molar-refractivity contribution is 5.78. The third-order valence-corrected chi connectivity index (χ3v) is 4.45. The molecule has 0 aromatic rings. The second-order valence-electron chi connectivity index (χ2n) is 6.37. The van der Waals surface area contributed by atoms with Gasteiger partial charge in [0.15, 0.2) is 0 Å². The van der Waals surface area contributed by atoms with Crippen molar-refractivity contribution in [3.05, 3.63) is 0 Å². The van der Waals surface area contributed by atoms with Crippen LogP contribution in [0.3, 0.4) is 0 Å². The van der Waals surface area contributed by atoms with Crippen molar-refractivity contribution in [3.8, 4) is 0 Å². The minimum absolute atomic E-state index is 0.0000245. The smallest absolute Gasteiger partial charge is 0.248 e. The predicted molar refractivity (Wildman–Crippen MR) is 84.5 cm³/mol. The fourth-order valence-corrected chi connectivity index (χ4v) is 3.02. The van der Waals surface area contributed by atoms with Crippen LogP contribution in [0.1, 0.15) is 38.5 Å². The van der Waals surface area contributed by atoms with Crippen LogP contribution in [0.15, 0.2) is 0 Å². The minimum Gasteiger partial charge on any atom is -0.365 e. The summed E-state index contributed by atoms with van der Waals surface area (Å²) in [6.07, 6.45) is 6.66. The predicted octanol–water partition coefficient (Wildman–Crippen LogP) is 0.616. The van der Waals surface area contributed by atoms with Crippen LogP contribution in [0.2, 0.25) is 0 Å². The standard InChI is InChI=1S/C16H29N3O3/c1-18-12-14(22-13-16(18)21)11-17-15(20)7-6-10-19-8-4-2-3-5-9-19/h14H,2-13H2,1H3,(H,17,20)/t14-/m1/s1. The van der Waals surface area contributed by atoms with Crippen LogP contribution in [0.25, 0.3) is 0 Å². The number of carbonyl (C=O) groups is 2. The Morgan fingerprint density at radius 1 is 1.27 bits per heavy atom. The summed E-state index contributed by atoms with van der Waals surface area (Å²) in [5.74, 6) is 0.0815. The average molecular weight is 311 g/mol. The van der Waals surface area contributed by atoms with Gasteiger partial charge in [-0.3, -0.25) is 9.59 Å². The molecule has 0 saturated carbocycles. The van der Waals surface area contributed by atoms with Gasteiger partial charge in [0.25, 0.3) is 0 Å². The van der Waals surface area contributed by atoms with E-state index in [0.717, 1.165) is 13.0 Å². The number of likely N-dealkylation sites (tertiary alicyclic amines) is 1. The van der Waals surface area contributed by atoms with E-state index in [0.29, 0.717) is 19.5 Å². The van der Waals surface area contributed by atoms with Crippen molar-refractivity contribution in [1.29, 1.82) is 0 Å². The molecule has 0 unspecified atom stereocenters. The first-order valence-corrected chi connectivity index (χ1v) is 8.50. The molecular weight excluding hydrogens is 282 g/mol. The number of rotatable bonds is 6. The van der Waals surface area contributed by atoms with E-state index in [2.05, 4.69) is 10.2 Å². The van der Waals surface area contributed by atoms with Crippen molar-refractivity contribution in [3.63, 3.8) is 0 Å². The zero-order valence-electron chi connectivity index (χ0n) is 13.7. The number of carbonyl (C=O) groups excluding carboxylic acids is 2. The van der Waals surface area contributed by atoms with Gasteiger partial charge in [-0.1, -0.05) is 12.8 Å².